The van der Waals surface area contributed by atoms with Crippen molar-refractivity contribution in [2.24, 2.45) is 0 Å². The van der Waals surface area contributed by atoms with Crippen molar-refractivity contribution in [3.8, 4) is 0 Å². The van der Waals surface area contributed by atoms with Crippen molar-refractivity contribution in [2.45, 2.75) is 27.7 Å². The second-order valence-corrected chi connectivity index (χ2v) is 7.10. The van der Waals surface area contributed by atoms with Gasteiger partial charge in [-0.05, 0) is 31.9 Å². The van der Waals surface area contributed by atoms with Crippen LogP contribution in [0.5, 0.6) is 0 Å². The van der Waals surface area contributed by atoms with Crippen LogP contribution in [0.1, 0.15) is 29.2 Å². The zero-order valence-corrected chi connectivity index (χ0v) is 12.0. The van der Waals surface area contributed by atoms with Gasteiger partial charge in [-0.1, -0.05) is 24.6 Å². The van der Waals surface area contributed by atoms with Crippen LogP contribution < -0.4 is 0 Å². The van der Waals surface area contributed by atoms with Crippen LogP contribution in [0.25, 0.3) is 0 Å². The van der Waals surface area contributed by atoms with Crippen molar-refractivity contribution < 1.29 is 12.6 Å². The molecule has 0 spiro atoms. The summed E-state index contributed by atoms with van der Waals surface area (Å²) in [5.41, 5.74) is 3.29. The van der Waals surface area contributed by atoms with Crippen molar-refractivity contribution in [3.05, 3.63) is 34.4 Å². The Bertz CT molecular complexity index is 571. The van der Waals surface area contributed by atoms with Crippen LogP contribution in [0, 0.1) is 20.8 Å². The smallest absolute Gasteiger partial charge is 0.191 e. The van der Waals surface area contributed by atoms with Gasteiger partial charge in [0.25, 0.3) is 0 Å². The van der Waals surface area contributed by atoms with Crippen molar-refractivity contribution in [1.29, 1.82) is 0 Å². The summed E-state index contributed by atoms with van der Waals surface area (Å²) in [5, 5.41) is 0. The lowest BCUT2D eigenvalue weighted by molar-refractivity contribution is 0.609. The standard InChI is InChI=1S/C12H16O3S2/c1-5-17(14,15)12(16-13)11-9(3)6-8(2)7-10(11)4/h6-7H,5H2,1-4H3. The second kappa shape index (κ2) is 5.14. The van der Waals surface area contributed by atoms with Gasteiger partial charge in [-0.15, -0.1) is 0 Å². The third-order valence-corrected chi connectivity index (χ3v) is 5.47. The summed E-state index contributed by atoms with van der Waals surface area (Å²) in [5.74, 6) is -0.0513. The molecule has 5 heteroatoms. The normalized spacial score (nSPS) is 11.3. The molecule has 0 N–H and O–H groups in total. The van der Waals surface area contributed by atoms with Crippen LogP contribution >= 0.6 is 0 Å². The predicted molar refractivity (Wildman–Crippen MR) is 72.4 cm³/mol. The third kappa shape index (κ3) is 2.84. The summed E-state index contributed by atoms with van der Waals surface area (Å²) in [6.45, 7) is 7.15. The van der Waals surface area contributed by atoms with Crippen LogP contribution in [-0.4, -0.2) is 22.6 Å². The molecule has 0 aliphatic heterocycles. The highest BCUT2D eigenvalue weighted by molar-refractivity contribution is 8.15. The minimum Gasteiger partial charge on any atom is -0.223 e. The van der Waals surface area contributed by atoms with Gasteiger partial charge < -0.3 is 0 Å². The van der Waals surface area contributed by atoms with E-state index in [1.807, 2.05) is 32.9 Å². The Morgan fingerprint density at radius 2 is 1.65 bits per heavy atom. The van der Waals surface area contributed by atoms with E-state index in [0.717, 1.165) is 16.7 Å². The Kier molecular flexibility index (Phi) is 4.27. The molecule has 0 saturated carbocycles. The second-order valence-electron chi connectivity index (χ2n) is 4.05. The number of hydrogen-bond acceptors (Lipinski definition) is 3. The van der Waals surface area contributed by atoms with Crippen molar-refractivity contribution in [3.63, 3.8) is 0 Å². The van der Waals surface area contributed by atoms with Crippen molar-refractivity contribution in [2.75, 3.05) is 5.75 Å². The third-order valence-electron chi connectivity index (χ3n) is 2.62. The van der Waals surface area contributed by atoms with Gasteiger partial charge in [0.2, 0.25) is 0 Å². The average molecular weight is 272 g/mol. The molecule has 0 radical (unpaired) electrons. The fourth-order valence-corrected chi connectivity index (χ4v) is 3.95. The summed E-state index contributed by atoms with van der Waals surface area (Å²) < 4.78 is 34.8. The Balaban J connectivity index is 3.60. The molecule has 0 heterocycles. The molecule has 0 atom stereocenters. The number of rotatable bonds is 2. The molecule has 0 unspecified atom stereocenters. The molecule has 0 saturated heterocycles. The molecule has 0 aliphatic carbocycles. The van der Waals surface area contributed by atoms with Gasteiger partial charge in [0.15, 0.2) is 14.0 Å². The first-order valence-electron chi connectivity index (χ1n) is 5.31. The first-order chi connectivity index (χ1) is 7.83. The molecule has 0 fully saturated rings. The van der Waals surface area contributed by atoms with E-state index in [0.29, 0.717) is 5.56 Å². The molecule has 3 nitrogen and oxygen atoms in total. The minimum absolute atomic E-state index is 0.0513. The molecule has 17 heavy (non-hydrogen) atoms. The lowest BCUT2D eigenvalue weighted by Crippen LogP contribution is -2.20. The molecule has 0 amide bonds. The maximum absolute atomic E-state index is 11.9. The highest BCUT2D eigenvalue weighted by atomic mass is 32.2. The predicted octanol–water partition coefficient (Wildman–Crippen LogP) is 1.74. The molecule has 1 aromatic rings. The number of aryl methyl sites for hydroxylation is 3. The van der Waals surface area contributed by atoms with Crippen LogP contribution in [0.15, 0.2) is 12.1 Å². The van der Waals surface area contributed by atoms with Gasteiger partial charge in [-0.25, -0.2) is 12.6 Å². The van der Waals surface area contributed by atoms with Gasteiger partial charge in [0, 0.05) is 5.56 Å². The fraction of sp³-hybridized carbons (Fsp3) is 0.417. The van der Waals surface area contributed by atoms with E-state index in [1.54, 1.807) is 6.92 Å². The highest BCUT2D eigenvalue weighted by Crippen LogP contribution is 2.19. The molecule has 0 aliphatic rings. The molecule has 0 aromatic heterocycles. The lowest BCUT2D eigenvalue weighted by Gasteiger charge is -2.11. The summed E-state index contributed by atoms with van der Waals surface area (Å²) >= 11 is 0.0674. The molecule has 1 aromatic carbocycles. The first kappa shape index (κ1) is 14.1. The van der Waals surface area contributed by atoms with Crippen molar-refractivity contribution >= 4 is 25.3 Å². The van der Waals surface area contributed by atoms with E-state index >= 15 is 0 Å². The first-order valence-corrected chi connectivity index (χ1v) is 7.70. The molecular formula is C12H16O3S2. The van der Waals surface area contributed by atoms with Gasteiger partial charge in [0.1, 0.15) is 11.3 Å². The van der Waals surface area contributed by atoms with E-state index in [4.69, 9.17) is 0 Å². The minimum atomic E-state index is -3.45. The summed E-state index contributed by atoms with van der Waals surface area (Å²) in [6.07, 6.45) is 0. The topological polar surface area (TPSA) is 51.2 Å². The Morgan fingerprint density at radius 3 is 2.00 bits per heavy atom. The quantitative estimate of drug-likeness (QED) is 0.771. The number of hydrogen-bond donors (Lipinski definition) is 0. The van der Waals surface area contributed by atoms with E-state index in [2.05, 4.69) is 0 Å². The van der Waals surface area contributed by atoms with Gasteiger partial charge in [-0.3, -0.25) is 0 Å². The maximum Gasteiger partial charge on any atom is 0.191 e. The maximum atomic E-state index is 11.9. The van der Waals surface area contributed by atoms with Crippen LogP contribution in [-0.2, 0) is 21.1 Å². The molecule has 1 rings (SSSR count). The lowest BCUT2D eigenvalue weighted by atomic mass is 10.0. The summed E-state index contributed by atoms with van der Waals surface area (Å²) in [7, 11) is -3.45. The number of sulfone groups is 1. The fourth-order valence-electron chi connectivity index (χ4n) is 1.88. The monoisotopic (exact) mass is 272 g/mol. The highest BCUT2D eigenvalue weighted by Gasteiger charge is 2.22. The Labute approximate surface area is 106 Å². The zero-order valence-electron chi connectivity index (χ0n) is 10.4. The zero-order chi connectivity index (χ0) is 13.2. The van der Waals surface area contributed by atoms with E-state index < -0.39 is 9.84 Å². The van der Waals surface area contributed by atoms with E-state index in [-0.39, 0.29) is 21.2 Å². The van der Waals surface area contributed by atoms with Gasteiger partial charge in [-0.2, -0.15) is 0 Å². The largest absolute Gasteiger partial charge is 0.223 e. The summed E-state index contributed by atoms with van der Waals surface area (Å²) in [4.78, 5) is 0. The Hall–Kier alpha value is -0.940. The molecule has 94 valence electrons. The van der Waals surface area contributed by atoms with E-state index in [9.17, 15) is 12.6 Å². The SMILES string of the molecule is CCS(=O)(=O)C(=S=O)c1c(C)cc(C)cc1C. The van der Waals surface area contributed by atoms with Crippen LogP contribution in [0.2, 0.25) is 0 Å². The van der Waals surface area contributed by atoms with Crippen LogP contribution in [0.4, 0.5) is 0 Å². The van der Waals surface area contributed by atoms with Crippen LogP contribution in [0.3, 0.4) is 0 Å². The summed E-state index contributed by atoms with van der Waals surface area (Å²) in [6, 6.07) is 3.79. The van der Waals surface area contributed by atoms with Crippen molar-refractivity contribution in [1.82, 2.24) is 0 Å². The number of benzene rings is 1. The molecular weight excluding hydrogens is 256 g/mol. The van der Waals surface area contributed by atoms with Gasteiger partial charge in [0.05, 0.1) is 5.75 Å². The Morgan fingerprint density at radius 1 is 1.18 bits per heavy atom. The van der Waals surface area contributed by atoms with E-state index in [1.165, 1.54) is 0 Å². The van der Waals surface area contributed by atoms with Gasteiger partial charge >= 0.3 is 0 Å². The molecule has 0 bridgehead atoms. The average Bonchev–Trinajstić information content (AvgIpc) is 2.22.